The van der Waals surface area contributed by atoms with Crippen LogP contribution in [0.1, 0.15) is 23.2 Å². The summed E-state index contributed by atoms with van der Waals surface area (Å²) in [6.45, 7) is 1.90. The third-order valence-corrected chi connectivity index (χ3v) is 2.98. The van der Waals surface area contributed by atoms with Crippen LogP contribution in [-0.2, 0) is 0 Å². The average molecular weight is 225 g/mol. The Balaban J connectivity index is 2.46. The molecule has 0 bridgehead atoms. The molecule has 80 valence electrons. The minimum atomic E-state index is -0.417. The molecular formula is C11H13ClN2O. The number of benzene rings is 1. The molecule has 0 radical (unpaired) electrons. The molecule has 2 N–H and O–H groups in total. The van der Waals surface area contributed by atoms with Gasteiger partial charge in [0.25, 0.3) is 5.91 Å². The monoisotopic (exact) mass is 224 g/mol. The molecule has 1 fully saturated rings. The largest absolute Gasteiger partial charge is 0.370 e. The van der Waals surface area contributed by atoms with E-state index in [1.54, 1.807) is 18.2 Å². The molecule has 0 saturated carbocycles. The van der Waals surface area contributed by atoms with E-state index < -0.39 is 5.91 Å². The predicted molar refractivity (Wildman–Crippen MR) is 61.4 cm³/mol. The number of carbonyl (C=O) groups is 1. The van der Waals surface area contributed by atoms with Gasteiger partial charge in [0.15, 0.2) is 0 Å². The molecule has 3 nitrogen and oxygen atoms in total. The highest BCUT2D eigenvalue weighted by Crippen LogP contribution is 2.31. The summed E-state index contributed by atoms with van der Waals surface area (Å²) in [6.07, 6.45) is 2.28. The maximum atomic E-state index is 11.3. The van der Waals surface area contributed by atoms with E-state index >= 15 is 0 Å². The summed E-state index contributed by atoms with van der Waals surface area (Å²) in [4.78, 5) is 13.4. The number of rotatable bonds is 2. The number of hydrogen-bond acceptors (Lipinski definition) is 2. The lowest BCUT2D eigenvalue weighted by Crippen LogP contribution is -2.23. The first-order valence-corrected chi connectivity index (χ1v) is 5.41. The highest BCUT2D eigenvalue weighted by atomic mass is 35.5. The van der Waals surface area contributed by atoms with Crippen molar-refractivity contribution in [3.05, 3.63) is 28.8 Å². The van der Waals surface area contributed by atoms with E-state index in [1.807, 2.05) is 0 Å². The standard InChI is InChI=1S/C11H13ClN2O/c12-9-5-3-4-8(11(13)15)10(9)14-6-1-2-7-14/h3-5H,1-2,6-7H2,(H2,13,15). The second kappa shape index (κ2) is 4.11. The van der Waals surface area contributed by atoms with E-state index in [2.05, 4.69) is 4.90 Å². The van der Waals surface area contributed by atoms with Crippen molar-refractivity contribution in [3.8, 4) is 0 Å². The molecule has 1 aromatic carbocycles. The summed E-state index contributed by atoms with van der Waals surface area (Å²) in [6, 6.07) is 5.27. The van der Waals surface area contributed by atoms with Crippen LogP contribution < -0.4 is 10.6 Å². The van der Waals surface area contributed by atoms with Crippen molar-refractivity contribution in [2.75, 3.05) is 18.0 Å². The van der Waals surface area contributed by atoms with Crippen molar-refractivity contribution in [3.63, 3.8) is 0 Å². The zero-order valence-corrected chi connectivity index (χ0v) is 9.13. The Hall–Kier alpha value is -1.22. The summed E-state index contributed by atoms with van der Waals surface area (Å²) in [5.41, 5.74) is 6.64. The minimum Gasteiger partial charge on any atom is -0.370 e. The highest BCUT2D eigenvalue weighted by molar-refractivity contribution is 6.34. The fourth-order valence-corrected chi connectivity index (χ4v) is 2.27. The third kappa shape index (κ3) is 1.92. The van der Waals surface area contributed by atoms with Crippen LogP contribution in [0, 0.1) is 0 Å². The number of nitrogens with zero attached hydrogens (tertiary/aromatic N) is 1. The number of hydrogen-bond donors (Lipinski definition) is 1. The second-order valence-corrected chi connectivity index (χ2v) is 4.10. The van der Waals surface area contributed by atoms with Crippen molar-refractivity contribution in [2.24, 2.45) is 5.73 Å². The van der Waals surface area contributed by atoms with Gasteiger partial charge in [-0.1, -0.05) is 17.7 Å². The Kier molecular flexibility index (Phi) is 2.82. The summed E-state index contributed by atoms with van der Waals surface area (Å²) < 4.78 is 0. The topological polar surface area (TPSA) is 46.3 Å². The number of para-hydroxylation sites is 1. The van der Waals surface area contributed by atoms with E-state index in [-0.39, 0.29) is 0 Å². The van der Waals surface area contributed by atoms with Crippen LogP contribution in [0.5, 0.6) is 0 Å². The van der Waals surface area contributed by atoms with Gasteiger partial charge in [-0.2, -0.15) is 0 Å². The summed E-state index contributed by atoms with van der Waals surface area (Å²) in [7, 11) is 0. The fraction of sp³-hybridized carbons (Fsp3) is 0.364. The highest BCUT2D eigenvalue weighted by Gasteiger charge is 2.20. The molecule has 15 heavy (non-hydrogen) atoms. The van der Waals surface area contributed by atoms with Gasteiger partial charge in [0.1, 0.15) is 0 Å². The first-order valence-electron chi connectivity index (χ1n) is 5.03. The van der Waals surface area contributed by atoms with Crippen LogP contribution in [0.3, 0.4) is 0 Å². The van der Waals surface area contributed by atoms with Gasteiger partial charge in [-0.15, -0.1) is 0 Å². The quantitative estimate of drug-likeness (QED) is 0.836. The number of primary amides is 1. The molecule has 1 saturated heterocycles. The number of nitrogens with two attached hydrogens (primary N) is 1. The first-order chi connectivity index (χ1) is 7.20. The average Bonchev–Trinajstić information content (AvgIpc) is 2.70. The summed E-state index contributed by atoms with van der Waals surface area (Å²) >= 11 is 6.10. The molecule has 0 aromatic heterocycles. The Bertz CT molecular complexity index is 386. The van der Waals surface area contributed by atoms with Gasteiger partial charge < -0.3 is 10.6 Å². The minimum absolute atomic E-state index is 0.417. The van der Waals surface area contributed by atoms with Crippen LogP contribution in [0.4, 0.5) is 5.69 Å². The normalized spacial score (nSPS) is 15.7. The van der Waals surface area contributed by atoms with Crippen LogP contribution in [-0.4, -0.2) is 19.0 Å². The molecule has 1 amide bonds. The molecule has 2 rings (SSSR count). The Morgan fingerprint density at radius 2 is 2.00 bits per heavy atom. The second-order valence-electron chi connectivity index (χ2n) is 3.69. The van der Waals surface area contributed by atoms with Crippen LogP contribution in [0.15, 0.2) is 18.2 Å². The van der Waals surface area contributed by atoms with E-state index in [4.69, 9.17) is 17.3 Å². The lowest BCUT2D eigenvalue weighted by atomic mass is 10.1. The van der Waals surface area contributed by atoms with Crippen molar-refractivity contribution in [1.29, 1.82) is 0 Å². The molecule has 1 aliphatic heterocycles. The zero-order chi connectivity index (χ0) is 10.8. The number of anilines is 1. The maximum Gasteiger partial charge on any atom is 0.250 e. The molecule has 0 atom stereocenters. The van der Waals surface area contributed by atoms with Crippen molar-refractivity contribution >= 4 is 23.2 Å². The maximum absolute atomic E-state index is 11.3. The Labute approximate surface area is 93.8 Å². The van der Waals surface area contributed by atoms with Gasteiger partial charge in [0, 0.05) is 13.1 Å². The fourth-order valence-electron chi connectivity index (χ4n) is 1.98. The lowest BCUT2D eigenvalue weighted by Gasteiger charge is -2.21. The molecule has 0 spiro atoms. The van der Waals surface area contributed by atoms with Crippen LogP contribution in [0.25, 0.3) is 0 Å². The van der Waals surface area contributed by atoms with Gasteiger partial charge in [-0.25, -0.2) is 0 Å². The molecule has 1 aromatic rings. The number of carbonyl (C=O) groups excluding carboxylic acids is 1. The lowest BCUT2D eigenvalue weighted by molar-refractivity contribution is 0.100. The van der Waals surface area contributed by atoms with Crippen molar-refractivity contribution in [2.45, 2.75) is 12.8 Å². The van der Waals surface area contributed by atoms with E-state index in [0.29, 0.717) is 10.6 Å². The van der Waals surface area contributed by atoms with E-state index in [0.717, 1.165) is 31.6 Å². The van der Waals surface area contributed by atoms with Crippen molar-refractivity contribution in [1.82, 2.24) is 0 Å². The predicted octanol–water partition coefficient (Wildman–Crippen LogP) is 2.04. The van der Waals surface area contributed by atoms with Crippen LogP contribution >= 0.6 is 11.6 Å². The Morgan fingerprint density at radius 3 is 2.60 bits per heavy atom. The van der Waals surface area contributed by atoms with Crippen LogP contribution in [0.2, 0.25) is 5.02 Å². The summed E-state index contributed by atoms with van der Waals surface area (Å²) in [5, 5.41) is 0.605. The van der Waals surface area contributed by atoms with E-state index in [1.165, 1.54) is 0 Å². The van der Waals surface area contributed by atoms with Gasteiger partial charge in [-0.3, -0.25) is 4.79 Å². The molecular weight excluding hydrogens is 212 g/mol. The Morgan fingerprint density at radius 1 is 1.33 bits per heavy atom. The number of amides is 1. The number of halogens is 1. The van der Waals surface area contributed by atoms with E-state index in [9.17, 15) is 4.79 Å². The molecule has 1 aliphatic rings. The molecule has 0 aliphatic carbocycles. The third-order valence-electron chi connectivity index (χ3n) is 2.67. The van der Waals surface area contributed by atoms with Gasteiger partial charge in [0.2, 0.25) is 0 Å². The summed E-state index contributed by atoms with van der Waals surface area (Å²) in [5.74, 6) is -0.417. The van der Waals surface area contributed by atoms with Gasteiger partial charge >= 0.3 is 0 Å². The SMILES string of the molecule is NC(=O)c1cccc(Cl)c1N1CCCC1. The van der Waals surface area contributed by atoms with Gasteiger partial charge in [-0.05, 0) is 25.0 Å². The molecule has 1 heterocycles. The zero-order valence-electron chi connectivity index (χ0n) is 8.37. The molecule has 4 heteroatoms. The van der Waals surface area contributed by atoms with Crippen molar-refractivity contribution < 1.29 is 4.79 Å². The first kappa shape index (κ1) is 10.3. The smallest absolute Gasteiger partial charge is 0.250 e. The molecule has 0 unspecified atom stereocenters. The van der Waals surface area contributed by atoms with Gasteiger partial charge in [0.05, 0.1) is 16.3 Å².